The summed E-state index contributed by atoms with van der Waals surface area (Å²) in [5, 5.41) is 17.2. The summed E-state index contributed by atoms with van der Waals surface area (Å²) in [4.78, 5) is 13.1. The monoisotopic (exact) mass is 445 g/mol. The lowest BCUT2D eigenvalue weighted by atomic mass is 10.1. The molecule has 0 aliphatic heterocycles. The number of para-hydroxylation sites is 1. The molecule has 33 heavy (non-hydrogen) atoms. The molecule has 2 N–H and O–H groups in total. The Kier molecular flexibility index (Phi) is 6.49. The molecule has 170 valence electrons. The highest BCUT2D eigenvalue weighted by Gasteiger charge is 2.22. The number of anilines is 1. The number of aromatic hydroxyl groups is 1. The number of hydrogen-bond donors (Lipinski definition) is 2. The summed E-state index contributed by atoms with van der Waals surface area (Å²) in [6.45, 7) is 5.99. The van der Waals surface area contributed by atoms with Gasteiger partial charge in [0, 0.05) is 12.3 Å². The third-order valence-corrected chi connectivity index (χ3v) is 5.27. The number of carbonyl (C=O) groups is 1. The minimum absolute atomic E-state index is 0.0525. The molecule has 1 unspecified atom stereocenters. The quantitative estimate of drug-likeness (QED) is 0.349. The minimum Gasteiger partial charge on any atom is -0.492 e. The number of rotatable bonds is 8. The first-order valence-electron chi connectivity index (χ1n) is 11.0. The van der Waals surface area contributed by atoms with Gasteiger partial charge < -0.3 is 19.9 Å². The van der Waals surface area contributed by atoms with E-state index in [4.69, 9.17) is 9.47 Å². The van der Waals surface area contributed by atoms with Gasteiger partial charge in [0.25, 0.3) is 5.91 Å². The first kappa shape index (κ1) is 22.2. The second kappa shape index (κ2) is 9.65. The van der Waals surface area contributed by atoms with Gasteiger partial charge in [-0.1, -0.05) is 37.6 Å². The van der Waals surface area contributed by atoms with Crippen LogP contribution in [-0.4, -0.2) is 26.7 Å². The fraction of sp³-hybridized carbons (Fsp3) is 0.231. The van der Waals surface area contributed by atoms with Crippen LogP contribution in [-0.2, 0) is 0 Å². The summed E-state index contributed by atoms with van der Waals surface area (Å²) in [5.74, 6) is 1.04. The predicted octanol–water partition coefficient (Wildman–Crippen LogP) is 5.96. The topological polar surface area (TPSA) is 85.1 Å². The van der Waals surface area contributed by atoms with Crippen molar-refractivity contribution < 1.29 is 19.4 Å². The number of fused-ring (bicyclic) bond motifs is 1. The standard InChI is InChI=1S/C26H27N3O4/c1-4-10-18(3)32-23-16-22(33-19-11-6-5-7-12-19)17(2)15-20(23)27-25(30)24-21-13-8-9-14-29(21)28-26(24)31/h5-9,11-16,18H,4,10H2,1-3H3,(H,27,30)(H,28,31). The number of amides is 1. The highest BCUT2D eigenvalue weighted by Crippen LogP contribution is 2.37. The number of nitrogens with zero attached hydrogens (tertiary/aromatic N) is 2. The lowest BCUT2D eigenvalue weighted by molar-refractivity contribution is 0.102. The lowest BCUT2D eigenvalue weighted by Gasteiger charge is -2.20. The van der Waals surface area contributed by atoms with Gasteiger partial charge >= 0.3 is 0 Å². The van der Waals surface area contributed by atoms with Gasteiger partial charge in [-0.2, -0.15) is 0 Å². The van der Waals surface area contributed by atoms with Gasteiger partial charge in [-0.3, -0.25) is 4.79 Å². The highest BCUT2D eigenvalue weighted by atomic mass is 16.5. The summed E-state index contributed by atoms with van der Waals surface area (Å²) < 4.78 is 13.7. The number of ether oxygens (including phenoxy) is 2. The molecule has 0 saturated heterocycles. The molecule has 0 aliphatic carbocycles. The van der Waals surface area contributed by atoms with Crippen LogP contribution in [0.3, 0.4) is 0 Å². The average molecular weight is 446 g/mol. The van der Waals surface area contributed by atoms with Gasteiger partial charge in [-0.05, 0) is 56.2 Å². The largest absolute Gasteiger partial charge is 0.492 e. The molecule has 0 spiro atoms. The fourth-order valence-electron chi connectivity index (χ4n) is 3.66. The minimum atomic E-state index is -0.474. The molecule has 7 heteroatoms. The van der Waals surface area contributed by atoms with Crippen molar-refractivity contribution in [2.45, 2.75) is 39.7 Å². The van der Waals surface area contributed by atoms with Crippen LogP contribution in [0.2, 0.25) is 0 Å². The Balaban J connectivity index is 1.68. The molecule has 0 bridgehead atoms. The average Bonchev–Trinajstić information content (AvgIpc) is 3.13. The van der Waals surface area contributed by atoms with E-state index in [2.05, 4.69) is 17.3 Å². The summed E-state index contributed by atoms with van der Waals surface area (Å²) in [7, 11) is 0. The number of aryl methyl sites for hydroxylation is 1. The molecule has 2 aromatic heterocycles. The number of aromatic nitrogens is 2. The Labute approximate surface area is 192 Å². The van der Waals surface area contributed by atoms with Crippen molar-refractivity contribution in [2.24, 2.45) is 0 Å². The van der Waals surface area contributed by atoms with Crippen molar-refractivity contribution in [3.63, 3.8) is 0 Å². The molecule has 4 rings (SSSR count). The Hall–Kier alpha value is -4.00. The number of pyridine rings is 1. The van der Waals surface area contributed by atoms with E-state index >= 15 is 0 Å². The SMILES string of the molecule is CCCC(C)Oc1cc(Oc2ccccc2)c(C)cc1NC(=O)c1c(O)nn2ccccc12. The maximum absolute atomic E-state index is 13.1. The lowest BCUT2D eigenvalue weighted by Crippen LogP contribution is -2.16. The van der Waals surface area contributed by atoms with E-state index in [1.807, 2.05) is 50.2 Å². The van der Waals surface area contributed by atoms with Crippen molar-refractivity contribution in [3.05, 3.63) is 78.0 Å². The Morgan fingerprint density at radius 1 is 1.12 bits per heavy atom. The van der Waals surface area contributed by atoms with Crippen LogP contribution >= 0.6 is 0 Å². The normalized spacial score (nSPS) is 11.8. The van der Waals surface area contributed by atoms with Crippen LogP contribution < -0.4 is 14.8 Å². The molecule has 0 saturated carbocycles. The van der Waals surface area contributed by atoms with Crippen LogP contribution in [0, 0.1) is 6.92 Å². The smallest absolute Gasteiger partial charge is 0.263 e. The third-order valence-electron chi connectivity index (χ3n) is 5.27. The maximum atomic E-state index is 13.1. The summed E-state index contributed by atoms with van der Waals surface area (Å²) >= 11 is 0. The number of hydrogen-bond acceptors (Lipinski definition) is 5. The summed E-state index contributed by atoms with van der Waals surface area (Å²) in [5.41, 5.74) is 1.93. The zero-order chi connectivity index (χ0) is 23.4. The second-order valence-electron chi connectivity index (χ2n) is 7.93. The van der Waals surface area contributed by atoms with Crippen LogP contribution in [0.4, 0.5) is 5.69 Å². The number of nitrogens with one attached hydrogen (secondary N) is 1. The van der Waals surface area contributed by atoms with E-state index in [1.54, 1.807) is 30.5 Å². The number of benzene rings is 2. The van der Waals surface area contributed by atoms with E-state index in [9.17, 15) is 9.90 Å². The van der Waals surface area contributed by atoms with Gasteiger partial charge in [0.1, 0.15) is 22.8 Å². The highest BCUT2D eigenvalue weighted by molar-refractivity contribution is 6.11. The van der Waals surface area contributed by atoms with Crippen molar-refractivity contribution in [1.29, 1.82) is 0 Å². The Bertz CT molecular complexity index is 1270. The van der Waals surface area contributed by atoms with Gasteiger partial charge in [-0.25, -0.2) is 4.52 Å². The molecule has 0 aliphatic rings. The van der Waals surface area contributed by atoms with Gasteiger partial charge in [0.2, 0.25) is 5.88 Å². The molecule has 1 amide bonds. The molecular weight excluding hydrogens is 418 g/mol. The molecule has 7 nitrogen and oxygen atoms in total. The van der Waals surface area contributed by atoms with E-state index in [1.165, 1.54) is 4.52 Å². The van der Waals surface area contributed by atoms with Crippen LogP contribution in [0.15, 0.2) is 66.9 Å². The Morgan fingerprint density at radius 2 is 1.88 bits per heavy atom. The van der Waals surface area contributed by atoms with Crippen molar-refractivity contribution in [1.82, 2.24) is 9.61 Å². The first-order chi connectivity index (χ1) is 16.0. The molecule has 1 atom stereocenters. The van der Waals surface area contributed by atoms with Crippen LogP contribution in [0.1, 0.15) is 42.6 Å². The molecule has 0 fully saturated rings. The second-order valence-corrected chi connectivity index (χ2v) is 7.93. The van der Waals surface area contributed by atoms with Gasteiger partial charge in [0.15, 0.2) is 0 Å². The van der Waals surface area contributed by atoms with Crippen molar-refractivity contribution >= 4 is 17.1 Å². The third kappa shape index (κ3) is 4.92. The van der Waals surface area contributed by atoms with E-state index in [-0.39, 0.29) is 17.5 Å². The first-order valence-corrected chi connectivity index (χ1v) is 11.0. The maximum Gasteiger partial charge on any atom is 0.263 e. The van der Waals surface area contributed by atoms with E-state index < -0.39 is 5.91 Å². The summed E-state index contributed by atoms with van der Waals surface area (Å²) in [6.07, 6.45) is 3.46. The van der Waals surface area contributed by atoms with Crippen LogP contribution in [0.5, 0.6) is 23.1 Å². The zero-order valence-corrected chi connectivity index (χ0v) is 18.9. The zero-order valence-electron chi connectivity index (χ0n) is 18.9. The molecule has 0 radical (unpaired) electrons. The molecule has 2 aromatic carbocycles. The van der Waals surface area contributed by atoms with Crippen LogP contribution in [0.25, 0.3) is 5.52 Å². The van der Waals surface area contributed by atoms with E-state index in [0.29, 0.717) is 28.5 Å². The predicted molar refractivity (Wildman–Crippen MR) is 128 cm³/mol. The molecular formula is C26H27N3O4. The number of carbonyl (C=O) groups excluding carboxylic acids is 1. The molecule has 2 heterocycles. The van der Waals surface area contributed by atoms with E-state index in [0.717, 1.165) is 18.4 Å². The van der Waals surface area contributed by atoms with Crippen molar-refractivity contribution in [3.8, 4) is 23.1 Å². The van der Waals surface area contributed by atoms with Gasteiger partial charge in [-0.15, -0.1) is 5.10 Å². The fourth-order valence-corrected chi connectivity index (χ4v) is 3.66. The summed E-state index contributed by atoms with van der Waals surface area (Å²) in [6, 6.07) is 18.4. The molecule has 4 aromatic rings. The van der Waals surface area contributed by atoms with Crippen molar-refractivity contribution in [2.75, 3.05) is 5.32 Å². The Morgan fingerprint density at radius 3 is 2.64 bits per heavy atom. The van der Waals surface area contributed by atoms with Gasteiger partial charge in [0.05, 0.1) is 17.3 Å².